The lowest BCUT2D eigenvalue weighted by Gasteiger charge is -2.56. The first kappa shape index (κ1) is 14.6. The van der Waals surface area contributed by atoms with Crippen molar-refractivity contribution in [2.24, 2.45) is 17.8 Å². The van der Waals surface area contributed by atoms with Crippen molar-refractivity contribution in [1.82, 2.24) is 9.88 Å². The molecule has 24 heavy (non-hydrogen) atoms. The number of aromatic nitrogens is 1. The third-order valence-electron chi connectivity index (χ3n) is 6.70. The zero-order chi connectivity index (χ0) is 16.1. The number of hydrogen-bond acceptors (Lipinski definition) is 1. The Labute approximate surface area is 143 Å². The van der Waals surface area contributed by atoms with E-state index in [9.17, 15) is 4.79 Å². The van der Waals surface area contributed by atoms with Crippen molar-refractivity contribution in [3.63, 3.8) is 0 Å². The smallest absolute Gasteiger partial charge is 0.222 e. The van der Waals surface area contributed by atoms with Crippen molar-refractivity contribution in [3.05, 3.63) is 36.5 Å². The molecule has 0 saturated heterocycles. The van der Waals surface area contributed by atoms with E-state index in [0.29, 0.717) is 6.42 Å². The molecular weight excluding hydrogens is 296 g/mol. The summed E-state index contributed by atoms with van der Waals surface area (Å²) in [5.74, 6) is 2.88. The van der Waals surface area contributed by atoms with Crippen LogP contribution in [0.2, 0.25) is 0 Å². The highest BCUT2D eigenvalue weighted by Gasteiger charge is 2.51. The molecule has 1 aromatic carbocycles. The van der Waals surface area contributed by atoms with Crippen LogP contribution in [-0.4, -0.2) is 16.0 Å². The molecular formula is C21H26N2O. The summed E-state index contributed by atoms with van der Waals surface area (Å²) in [5.41, 5.74) is 1.37. The molecule has 4 saturated carbocycles. The van der Waals surface area contributed by atoms with Crippen LogP contribution in [0.1, 0.15) is 44.9 Å². The van der Waals surface area contributed by atoms with Gasteiger partial charge in [0, 0.05) is 30.2 Å². The molecule has 1 amide bonds. The number of nitrogens with zero attached hydrogens (tertiary/aromatic N) is 1. The van der Waals surface area contributed by atoms with Gasteiger partial charge in [-0.25, -0.2) is 0 Å². The standard InChI is InChI=1S/C21H26N2O/c24-20(6-8-23-7-5-18-3-1-2-4-19(18)23)22-21-12-15-9-16(13-21)11-17(10-15)14-21/h1-5,7,15-17H,6,8-14H2,(H,22,24). The van der Waals surface area contributed by atoms with Crippen molar-refractivity contribution >= 4 is 16.8 Å². The van der Waals surface area contributed by atoms with Crippen LogP contribution in [0, 0.1) is 17.8 Å². The van der Waals surface area contributed by atoms with E-state index >= 15 is 0 Å². The first-order valence-corrected chi connectivity index (χ1v) is 9.54. The molecule has 0 aliphatic heterocycles. The second-order valence-electron chi connectivity index (χ2n) is 8.56. The first-order valence-electron chi connectivity index (χ1n) is 9.54. The van der Waals surface area contributed by atoms with Crippen molar-refractivity contribution < 1.29 is 4.79 Å². The molecule has 4 bridgehead atoms. The topological polar surface area (TPSA) is 34.0 Å². The minimum atomic E-state index is 0.143. The Bertz CT molecular complexity index is 740. The number of amides is 1. The maximum absolute atomic E-state index is 12.6. The molecule has 1 heterocycles. The summed E-state index contributed by atoms with van der Waals surface area (Å²) in [6.07, 6.45) is 10.6. The molecule has 4 aliphatic carbocycles. The lowest BCUT2D eigenvalue weighted by atomic mass is 9.53. The number of aryl methyl sites for hydroxylation is 1. The summed E-state index contributed by atoms with van der Waals surface area (Å²) in [6.45, 7) is 0.770. The van der Waals surface area contributed by atoms with Crippen LogP contribution < -0.4 is 5.32 Å². The number of para-hydroxylation sites is 1. The fourth-order valence-electron chi connectivity index (χ4n) is 6.18. The van der Waals surface area contributed by atoms with E-state index in [4.69, 9.17) is 0 Å². The summed E-state index contributed by atoms with van der Waals surface area (Å²) < 4.78 is 2.20. The maximum Gasteiger partial charge on any atom is 0.222 e. The highest BCUT2D eigenvalue weighted by Crippen LogP contribution is 2.55. The van der Waals surface area contributed by atoms with Crippen LogP contribution in [0.3, 0.4) is 0 Å². The van der Waals surface area contributed by atoms with Gasteiger partial charge in [0.25, 0.3) is 0 Å². The molecule has 0 spiro atoms. The van der Waals surface area contributed by atoms with Gasteiger partial charge >= 0.3 is 0 Å². The highest BCUT2D eigenvalue weighted by atomic mass is 16.1. The van der Waals surface area contributed by atoms with E-state index in [1.807, 2.05) is 0 Å². The second-order valence-corrected chi connectivity index (χ2v) is 8.56. The molecule has 0 radical (unpaired) electrons. The van der Waals surface area contributed by atoms with Crippen molar-refractivity contribution in [2.75, 3.05) is 0 Å². The molecule has 6 rings (SSSR count). The summed E-state index contributed by atoms with van der Waals surface area (Å²) in [4.78, 5) is 12.6. The summed E-state index contributed by atoms with van der Waals surface area (Å²) >= 11 is 0. The van der Waals surface area contributed by atoms with E-state index in [1.54, 1.807) is 0 Å². The van der Waals surface area contributed by atoms with Gasteiger partial charge in [0.1, 0.15) is 0 Å². The number of carbonyl (C=O) groups excluding carboxylic acids is 1. The van der Waals surface area contributed by atoms with Gasteiger partial charge in [-0.05, 0) is 73.8 Å². The molecule has 4 fully saturated rings. The van der Waals surface area contributed by atoms with Gasteiger partial charge in [-0.3, -0.25) is 4.79 Å². The van der Waals surface area contributed by atoms with Crippen molar-refractivity contribution in [3.8, 4) is 0 Å². The normalized spacial score (nSPS) is 33.9. The number of benzene rings is 1. The fourth-order valence-corrected chi connectivity index (χ4v) is 6.18. The Kier molecular flexibility index (Phi) is 3.26. The largest absolute Gasteiger partial charge is 0.351 e. The SMILES string of the molecule is O=C(CCn1ccc2ccccc21)NC12CC3CC(CC(C3)C1)C2. The van der Waals surface area contributed by atoms with Crippen LogP contribution in [0.15, 0.2) is 36.5 Å². The Morgan fingerprint density at radius 3 is 2.42 bits per heavy atom. The molecule has 2 aromatic rings. The van der Waals surface area contributed by atoms with Crippen LogP contribution >= 0.6 is 0 Å². The molecule has 1 aromatic heterocycles. The predicted molar refractivity (Wildman–Crippen MR) is 95.6 cm³/mol. The molecule has 4 aliphatic rings. The second kappa shape index (κ2) is 5.37. The Hall–Kier alpha value is -1.77. The molecule has 0 unspecified atom stereocenters. The van der Waals surface area contributed by atoms with Crippen LogP contribution in [0.5, 0.6) is 0 Å². The highest BCUT2D eigenvalue weighted by molar-refractivity contribution is 5.80. The van der Waals surface area contributed by atoms with E-state index < -0.39 is 0 Å². The number of hydrogen-bond donors (Lipinski definition) is 1. The van der Waals surface area contributed by atoms with Gasteiger partial charge in [0.15, 0.2) is 0 Å². The molecule has 126 valence electrons. The lowest BCUT2D eigenvalue weighted by molar-refractivity contribution is -0.127. The average molecular weight is 322 g/mol. The molecule has 0 atom stereocenters. The number of carbonyl (C=O) groups is 1. The average Bonchev–Trinajstić information content (AvgIpc) is 2.94. The molecule has 3 nitrogen and oxygen atoms in total. The quantitative estimate of drug-likeness (QED) is 0.903. The van der Waals surface area contributed by atoms with E-state index in [-0.39, 0.29) is 11.4 Å². The Morgan fingerprint density at radius 2 is 1.71 bits per heavy atom. The fraction of sp³-hybridized carbons (Fsp3) is 0.571. The van der Waals surface area contributed by atoms with Gasteiger partial charge in [-0.15, -0.1) is 0 Å². The van der Waals surface area contributed by atoms with E-state index in [2.05, 4.69) is 46.4 Å². The molecule has 1 N–H and O–H groups in total. The van der Waals surface area contributed by atoms with Gasteiger partial charge in [0.2, 0.25) is 5.91 Å². The van der Waals surface area contributed by atoms with Crippen molar-refractivity contribution in [2.45, 2.75) is 57.0 Å². The van der Waals surface area contributed by atoms with E-state index in [0.717, 1.165) is 24.3 Å². The minimum Gasteiger partial charge on any atom is -0.351 e. The van der Waals surface area contributed by atoms with E-state index in [1.165, 1.54) is 49.4 Å². The third-order valence-corrected chi connectivity index (χ3v) is 6.70. The summed E-state index contributed by atoms with van der Waals surface area (Å²) in [6, 6.07) is 10.5. The number of nitrogens with one attached hydrogen (secondary N) is 1. The zero-order valence-electron chi connectivity index (χ0n) is 14.2. The van der Waals surface area contributed by atoms with Gasteiger partial charge in [-0.1, -0.05) is 18.2 Å². The lowest BCUT2D eigenvalue weighted by Crippen LogP contribution is -2.59. The number of fused-ring (bicyclic) bond motifs is 1. The maximum atomic E-state index is 12.6. The zero-order valence-corrected chi connectivity index (χ0v) is 14.2. The van der Waals surface area contributed by atoms with Crippen LogP contribution in [0.25, 0.3) is 10.9 Å². The van der Waals surface area contributed by atoms with Gasteiger partial charge in [-0.2, -0.15) is 0 Å². The van der Waals surface area contributed by atoms with Gasteiger partial charge < -0.3 is 9.88 Å². The minimum absolute atomic E-state index is 0.143. The monoisotopic (exact) mass is 322 g/mol. The summed E-state index contributed by atoms with van der Waals surface area (Å²) in [7, 11) is 0. The molecule has 3 heteroatoms. The number of rotatable bonds is 4. The summed E-state index contributed by atoms with van der Waals surface area (Å²) in [5, 5.41) is 4.73. The van der Waals surface area contributed by atoms with Crippen LogP contribution in [0.4, 0.5) is 0 Å². The van der Waals surface area contributed by atoms with Crippen LogP contribution in [-0.2, 0) is 11.3 Å². The van der Waals surface area contributed by atoms with Gasteiger partial charge in [0.05, 0.1) is 0 Å². The Morgan fingerprint density at radius 1 is 1.04 bits per heavy atom. The first-order chi connectivity index (χ1) is 11.7. The predicted octanol–water partition coefficient (Wildman–Crippen LogP) is 4.12. The van der Waals surface area contributed by atoms with Crippen molar-refractivity contribution in [1.29, 1.82) is 0 Å². The Balaban J connectivity index is 1.25. The third kappa shape index (κ3) is 2.45.